The van der Waals surface area contributed by atoms with Crippen LogP contribution in [-0.2, 0) is 11.2 Å². The molecule has 92 valence electrons. The van der Waals surface area contributed by atoms with Crippen LogP contribution < -0.4 is 5.32 Å². The van der Waals surface area contributed by atoms with Gasteiger partial charge in [-0.1, -0.05) is 12.1 Å². The number of carbonyl (C=O) groups excluding carboxylic acids is 1. The third kappa shape index (κ3) is 3.59. The Kier molecular flexibility index (Phi) is 3.99. The number of aromatic nitrogens is 2. The van der Waals surface area contributed by atoms with E-state index < -0.39 is 0 Å². The standard InChI is InChI=1S/C12H9BrFN3O/c13-10-6-16-11(7-15-10)17-12(18)5-8-2-1-3-9(14)4-8/h1-4,6-7H,5H2,(H,16,17,18). The van der Waals surface area contributed by atoms with Crippen LogP contribution in [0.4, 0.5) is 10.2 Å². The van der Waals surface area contributed by atoms with Crippen molar-refractivity contribution in [3.05, 3.63) is 52.6 Å². The molecule has 18 heavy (non-hydrogen) atoms. The highest BCUT2D eigenvalue weighted by Crippen LogP contribution is 2.08. The van der Waals surface area contributed by atoms with Crippen LogP contribution in [0.5, 0.6) is 0 Å². The Bertz CT molecular complexity index is 560. The van der Waals surface area contributed by atoms with E-state index in [0.717, 1.165) is 0 Å². The number of nitrogens with zero attached hydrogens (tertiary/aromatic N) is 2. The van der Waals surface area contributed by atoms with Crippen LogP contribution in [0.1, 0.15) is 5.56 Å². The van der Waals surface area contributed by atoms with Crippen LogP contribution in [0.15, 0.2) is 41.3 Å². The van der Waals surface area contributed by atoms with Crippen molar-refractivity contribution in [2.75, 3.05) is 5.32 Å². The number of hydrogen-bond donors (Lipinski definition) is 1. The Morgan fingerprint density at radius 2 is 2.17 bits per heavy atom. The Hall–Kier alpha value is -1.82. The molecule has 0 aliphatic heterocycles. The molecule has 1 aromatic carbocycles. The van der Waals surface area contributed by atoms with Crippen molar-refractivity contribution in [2.24, 2.45) is 0 Å². The molecule has 2 aromatic rings. The summed E-state index contributed by atoms with van der Waals surface area (Å²) in [4.78, 5) is 19.6. The van der Waals surface area contributed by atoms with Gasteiger partial charge in [-0.2, -0.15) is 0 Å². The smallest absolute Gasteiger partial charge is 0.229 e. The molecular formula is C12H9BrFN3O. The van der Waals surface area contributed by atoms with E-state index in [9.17, 15) is 9.18 Å². The SMILES string of the molecule is O=C(Cc1cccc(F)c1)Nc1cnc(Br)cn1. The highest BCUT2D eigenvalue weighted by atomic mass is 79.9. The van der Waals surface area contributed by atoms with E-state index in [0.29, 0.717) is 16.0 Å². The first kappa shape index (κ1) is 12.6. The molecule has 0 aliphatic carbocycles. The summed E-state index contributed by atoms with van der Waals surface area (Å²) in [5.74, 6) is -0.263. The van der Waals surface area contributed by atoms with Gasteiger partial charge in [0.1, 0.15) is 10.4 Å². The fourth-order valence-electron chi connectivity index (χ4n) is 1.40. The van der Waals surface area contributed by atoms with Crippen LogP contribution in [0.2, 0.25) is 0 Å². The van der Waals surface area contributed by atoms with Gasteiger partial charge in [0.05, 0.1) is 18.8 Å². The van der Waals surface area contributed by atoms with Gasteiger partial charge in [0.2, 0.25) is 5.91 Å². The van der Waals surface area contributed by atoms with Gasteiger partial charge >= 0.3 is 0 Å². The molecule has 0 saturated heterocycles. The van der Waals surface area contributed by atoms with E-state index >= 15 is 0 Å². The van der Waals surface area contributed by atoms with Crippen molar-refractivity contribution in [1.82, 2.24) is 9.97 Å². The molecule has 0 bridgehead atoms. The molecule has 1 N–H and O–H groups in total. The summed E-state index contributed by atoms with van der Waals surface area (Å²) in [6.45, 7) is 0. The number of carbonyl (C=O) groups is 1. The highest BCUT2D eigenvalue weighted by molar-refractivity contribution is 9.10. The quantitative estimate of drug-likeness (QED) is 0.948. The van der Waals surface area contributed by atoms with Gasteiger partial charge in [0, 0.05) is 0 Å². The number of benzene rings is 1. The molecule has 0 atom stereocenters. The second-order valence-corrected chi connectivity index (χ2v) is 4.39. The third-order valence-electron chi connectivity index (χ3n) is 2.14. The van der Waals surface area contributed by atoms with Crippen LogP contribution in [0.3, 0.4) is 0 Å². The lowest BCUT2D eigenvalue weighted by Gasteiger charge is -2.04. The molecular weight excluding hydrogens is 301 g/mol. The maximum absolute atomic E-state index is 12.9. The first-order valence-electron chi connectivity index (χ1n) is 5.15. The summed E-state index contributed by atoms with van der Waals surface area (Å²) in [7, 11) is 0. The first-order valence-corrected chi connectivity index (χ1v) is 5.94. The Morgan fingerprint density at radius 3 is 2.83 bits per heavy atom. The number of anilines is 1. The monoisotopic (exact) mass is 309 g/mol. The molecule has 1 heterocycles. The zero-order valence-corrected chi connectivity index (χ0v) is 10.8. The summed E-state index contributed by atoms with van der Waals surface area (Å²) < 4.78 is 13.5. The van der Waals surface area contributed by atoms with Gasteiger partial charge in [-0.25, -0.2) is 14.4 Å². The Labute approximate surface area is 111 Å². The molecule has 0 spiro atoms. The van der Waals surface area contributed by atoms with Crippen molar-refractivity contribution in [3.8, 4) is 0 Å². The van der Waals surface area contributed by atoms with Gasteiger partial charge in [0.15, 0.2) is 5.82 Å². The van der Waals surface area contributed by atoms with E-state index in [1.165, 1.54) is 24.5 Å². The molecule has 0 unspecified atom stereocenters. The van der Waals surface area contributed by atoms with Crippen LogP contribution in [0, 0.1) is 5.82 Å². The van der Waals surface area contributed by atoms with Crippen LogP contribution in [0.25, 0.3) is 0 Å². The zero-order chi connectivity index (χ0) is 13.0. The molecule has 6 heteroatoms. The number of rotatable bonds is 3. The summed E-state index contributed by atoms with van der Waals surface area (Å²) in [6.07, 6.45) is 3.01. The molecule has 2 rings (SSSR count). The molecule has 4 nitrogen and oxygen atoms in total. The summed E-state index contributed by atoms with van der Waals surface area (Å²) in [5.41, 5.74) is 0.609. The average Bonchev–Trinajstić information content (AvgIpc) is 2.32. The number of halogens is 2. The molecule has 0 radical (unpaired) electrons. The number of hydrogen-bond acceptors (Lipinski definition) is 3. The Morgan fingerprint density at radius 1 is 1.33 bits per heavy atom. The minimum atomic E-state index is -0.358. The predicted molar refractivity (Wildman–Crippen MR) is 68.5 cm³/mol. The minimum absolute atomic E-state index is 0.0928. The number of amides is 1. The summed E-state index contributed by atoms with van der Waals surface area (Å²) in [6, 6.07) is 5.92. The largest absolute Gasteiger partial charge is 0.309 e. The van der Waals surface area contributed by atoms with E-state index in [1.807, 2.05) is 0 Å². The van der Waals surface area contributed by atoms with Gasteiger partial charge in [0.25, 0.3) is 0 Å². The summed E-state index contributed by atoms with van der Waals surface area (Å²) >= 11 is 3.15. The average molecular weight is 310 g/mol. The Balaban J connectivity index is 1.98. The lowest BCUT2D eigenvalue weighted by atomic mass is 10.1. The maximum Gasteiger partial charge on any atom is 0.229 e. The van der Waals surface area contributed by atoms with E-state index in [1.54, 1.807) is 12.1 Å². The van der Waals surface area contributed by atoms with Crippen molar-refractivity contribution in [1.29, 1.82) is 0 Å². The molecule has 0 fully saturated rings. The minimum Gasteiger partial charge on any atom is -0.309 e. The molecule has 0 aliphatic rings. The van der Waals surface area contributed by atoms with Crippen molar-refractivity contribution >= 4 is 27.7 Å². The van der Waals surface area contributed by atoms with Gasteiger partial charge in [-0.15, -0.1) is 0 Å². The summed E-state index contributed by atoms with van der Waals surface area (Å²) in [5, 5.41) is 2.58. The predicted octanol–water partition coefficient (Wildman–Crippen LogP) is 2.56. The lowest BCUT2D eigenvalue weighted by Crippen LogP contribution is -2.15. The fraction of sp³-hybridized carbons (Fsp3) is 0.0833. The third-order valence-corrected chi connectivity index (χ3v) is 2.55. The molecule has 1 aromatic heterocycles. The van der Waals surface area contributed by atoms with Crippen molar-refractivity contribution in [2.45, 2.75) is 6.42 Å². The highest BCUT2D eigenvalue weighted by Gasteiger charge is 2.05. The lowest BCUT2D eigenvalue weighted by molar-refractivity contribution is -0.115. The van der Waals surface area contributed by atoms with E-state index in [-0.39, 0.29) is 18.1 Å². The molecule has 1 amide bonds. The van der Waals surface area contributed by atoms with Crippen molar-refractivity contribution < 1.29 is 9.18 Å². The first-order chi connectivity index (χ1) is 8.63. The van der Waals surface area contributed by atoms with E-state index in [2.05, 4.69) is 31.2 Å². The van der Waals surface area contributed by atoms with E-state index in [4.69, 9.17) is 0 Å². The zero-order valence-electron chi connectivity index (χ0n) is 9.23. The van der Waals surface area contributed by atoms with Gasteiger partial charge in [-0.05, 0) is 33.6 Å². The van der Waals surface area contributed by atoms with Gasteiger partial charge < -0.3 is 5.32 Å². The number of nitrogens with one attached hydrogen (secondary N) is 1. The van der Waals surface area contributed by atoms with Crippen LogP contribution in [-0.4, -0.2) is 15.9 Å². The second-order valence-electron chi connectivity index (χ2n) is 3.58. The normalized spacial score (nSPS) is 10.1. The fourth-order valence-corrected chi connectivity index (χ4v) is 1.60. The molecule has 0 saturated carbocycles. The van der Waals surface area contributed by atoms with Gasteiger partial charge in [-0.3, -0.25) is 4.79 Å². The second kappa shape index (κ2) is 5.68. The van der Waals surface area contributed by atoms with Crippen LogP contribution >= 0.6 is 15.9 Å². The maximum atomic E-state index is 12.9. The van der Waals surface area contributed by atoms with Crippen molar-refractivity contribution in [3.63, 3.8) is 0 Å². The topological polar surface area (TPSA) is 54.9 Å².